The van der Waals surface area contributed by atoms with Crippen LogP contribution in [-0.4, -0.2) is 39.7 Å². The van der Waals surface area contributed by atoms with Crippen LogP contribution in [0.25, 0.3) is 0 Å². The summed E-state index contributed by atoms with van der Waals surface area (Å²) in [5, 5.41) is 18.1. The summed E-state index contributed by atoms with van der Waals surface area (Å²) >= 11 is 0. The van der Waals surface area contributed by atoms with Crippen LogP contribution < -0.4 is 5.32 Å². The van der Waals surface area contributed by atoms with E-state index < -0.39 is 10.7 Å². The maximum atomic E-state index is 11.0. The van der Waals surface area contributed by atoms with Crippen molar-refractivity contribution in [3.8, 4) is 0 Å². The lowest BCUT2D eigenvalue weighted by Crippen LogP contribution is -2.26. The highest BCUT2D eigenvalue weighted by Gasteiger charge is 2.33. The van der Waals surface area contributed by atoms with E-state index in [1.807, 2.05) is 13.8 Å². The first-order valence-corrected chi connectivity index (χ1v) is 6.04. The quantitative estimate of drug-likeness (QED) is 0.653. The van der Waals surface area contributed by atoms with Crippen LogP contribution >= 0.6 is 0 Å². The summed E-state index contributed by atoms with van der Waals surface area (Å²) in [7, 11) is 1.66. The molecule has 0 amide bonds. The molecule has 1 aromatic rings. The average Bonchev–Trinajstić information content (AvgIpc) is 2.75. The molecular formula is C11H18N4O4. The molecule has 1 aliphatic rings. The van der Waals surface area contributed by atoms with Gasteiger partial charge in [0.05, 0.1) is 11.5 Å². The summed E-state index contributed by atoms with van der Waals surface area (Å²) in [5.74, 6) is -0.212. The van der Waals surface area contributed by atoms with Crippen LogP contribution in [0.1, 0.15) is 19.5 Å². The molecule has 1 N–H and O–H groups in total. The van der Waals surface area contributed by atoms with E-state index in [0.717, 1.165) is 0 Å². The molecule has 2 heterocycles. The largest absolute Gasteiger partial charge is 0.362 e. The molecule has 8 nitrogen and oxygen atoms in total. The van der Waals surface area contributed by atoms with Crippen molar-refractivity contribution in [1.29, 1.82) is 0 Å². The maximum Gasteiger partial charge on any atom is 0.333 e. The number of nitro groups is 1. The zero-order valence-electron chi connectivity index (χ0n) is 11.5. The highest BCUT2D eigenvalue weighted by molar-refractivity contribution is 5.59. The van der Waals surface area contributed by atoms with Gasteiger partial charge in [0.15, 0.2) is 5.79 Å². The molecule has 1 atom stereocenters. The van der Waals surface area contributed by atoms with E-state index in [2.05, 4.69) is 10.4 Å². The fraction of sp³-hybridized carbons (Fsp3) is 0.727. The number of aryl methyl sites for hydroxylation is 2. The summed E-state index contributed by atoms with van der Waals surface area (Å²) < 4.78 is 12.5. The lowest BCUT2D eigenvalue weighted by Gasteiger charge is -2.17. The van der Waals surface area contributed by atoms with Gasteiger partial charge in [-0.1, -0.05) is 0 Å². The number of rotatable bonds is 4. The third-order valence-corrected chi connectivity index (χ3v) is 2.94. The van der Waals surface area contributed by atoms with Gasteiger partial charge in [0.2, 0.25) is 5.82 Å². The van der Waals surface area contributed by atoms with Crippen molar-refractivity contribution in [2.45, 2.75) is 32.7 Å². The second kappa shape index (κ2) is 4.78. The minimum absolute atomic E-state index is 0.000625. The van der Waals surface area contributed by atoms with Crippen molar-refractivity contribution >= 4 is 11.5 Å². The Balaban J connectivity index is 2.06. The maximum absolute atomic E-state index is 11.0. The zero-order chi connectivity index (χ0) is 14.2. The monoisotopic (exact) mass is 270 g/mol. The Morgan fingerprint density at radius 2 is 2.32 bits per heavy atom. The lowest BCUT2D eigenvalue weighted by atomic mass is 10.3. The van der Waals surface area contributed by atoms with Gasteiger partial charge >= 0.3 is 5.69 Å². The summed E-state index contributed by atoms with van der Waals surface area (Å²) in [5.41, 5.74) is 0.389. The molecule has 106 valence electrons. The Labute approximate surface area is 110 Å². The first-order valence-electron chi connectivity index (χ1n) is 6.04. The van der Waals surface area contributed by atoms with Gasteiger partial charge in [-0.25, -0.2) is 4.68 Å². The number of nitrogens with one attached hydrogen (secondary N) is 1. The fourth-order valence-corrected chi connectivity index (χ4v) is 2.14. The number of hydrogen-bond donors (Lipinski definition) is 1. The van der Waals surface area contributed by atoms with Gasteiger partial charge in [0.25, 0.3) is 0 Å². The normalized spacial score (nSPS) is 21.6. The number of anilines is 1. The molecule has 19 heavy (non-hydrogen) atoms. The number of nitrogens with zero attached hydrogens (tertiary/aromatic N) is 3. The Morgan fingerprint density at radius 1 is 1.63 bits per heavy atom. The molecular weight excluding hydrogens is 252 g/mol. The predicted octanol–water partition coefficient (Wildman–Crippen LogP) is 1.20. The first kappa shape index (κ1) is 13.8. The molecule has 0 radical (unpaired) electrons. The minimum Gasteiger partial charge on any atom is -0.362 e. The van der Waals surface area contributed by atoms with Crippen LogP contribution in [0.15, 0.2) is 0 Å². The Kier molecular flexibility index (Phi) is 3.46. The smallest absolute Gasteiger partial charge is 0.333 e. The zero-order valence-corrected chi connectivity index (χ0v) is 11.5. The molecule has 8 heteroatoms. The molecule has 0 aliphatic carbocycles. The summed E-state index contributed by atoms with van der Waals surface area (Å²) in [6.07, 6.45) is -0.134. The van der Waals surface area contributed by atoms with Crippen LogP contribution in [0.4, 0.5) is 11.5 Å². The van der Waals surface area contributed by atoms with Gasteiger partial charge in [0, 0.05) is 13.6 Å². The van der Waals surface area contributed by atoms with Crippen LogP contribution in [0.3, 0.4) is 0 Å². The Bertz CT molecular complexity index is 497. The van der Waals surface area contributed by atoms with Crippen molar-refractivity contribution in [3.05, 3.63) is 15.8 Å². The summed E-state index contributed by atoms with van der Waals surface area (Å²) in [6, 6.07) is 0. The Morgan fingerprint density at radius 3 is 2.84 bits per heavy atom. The average molecular weight is 270 g/mol. The molecule has 1 aromatic heterocycles. The standard InChI is InChI=1S/C11H18N4O4/c1-7-9(15(16)17)10(14(4)13-7)12-5-8-6-18-11(2,3)19-8/h8,12H,5-6H2,1-4H3. The van der Waals surface area contributed by atoms with Gasteiger partial charge < -0.3 is 14.8 Å². The second-order valence-corrected chi connectivity index (χ2v) is 4.99. The van der Waals surface area contributed by atoms with Crippen LogP contribution in [-0.2, 0) is 16.5 Å². The number of ether oxygens (including phenoxy) is 2. The summed E-state index contributed by atoms with van der Waals surface area (Å²) in [6.45, 7) is 6.18. The molecule has 1 fully saturated rings. The highest BCUT2D eigenvalue weighted by Crippen LogP contribution is 2.28. The number of hydrogen-bond acceptors (Lipinski definition) is 6. The van der Waals surface area contributed by atoms with Gasteiger partial charge in [-0.15, -0.1) is 0 Å². The molecule has 0 spiro atoms. The van der Waals surface area contributed by atoms with Gasteiger partial charge in [-0.05, 0) is 20.8 Å². The van der Waals surface area contributed by atoms with E-state index in [0.29, 0.717) is 24.7 Å². The van der Waals surface area contributed by atoms with E-state index in [9.17, 15) is 10.1 Å². The lowest BCUT2D eigenvalue weighted by molar-refractivity contribution is -0.384. The molecule has 0 aromatic carbocycles. The van der Waals surface area contributed by atoms with E-state index in [-0.39, 0.29) is 11.8 Å². The summed E-state index contributed by atoms with van der Waals surface area (Å²) in [4.78, 5) is 10.6. The highest BCUT2D eigenvalue weighted by atomic mass is 16.7. The van der Waals surface area contributed by atoms with Crippen LogP contribution in [0, 0.1) is 17.0 Å². The third kappa shape index (κ3) is 2.85. The van der Waals surface area contributed by atoms with Gasteiger partial charge in [-0.3, -0.25) is 10.1 Å². The SMILES string of the molecule is Cc1nn(C)c(NCC2COC(C)(C)O2)c1[N+](=O)[O-]. The fourth-order valence-electron chi connectivity index (χ4n) is 2.14. The van der Waals surface area contributed by atoms with Crippen LogP contribution in [0.2, 0.25) is 0 Å². The molecule has 1 unspecified atom stereocenters. The molecule has 0 saturated carbocycles. The van der Waals surface area contributed by atoms with E-state index >= 15 is 0 Å². The van der Waals surface area contributed by atoms with E-state index in [1.165, 1.54) is 4.68 Å². The van der Waals surface area contributed by atoms with Crippen molar-refractivity contribution in [3.63, 3.8) is 0 Å². The second-order valence-electron chi connectivity index (χ2n) is 4.99. The first-order chi connectivity index (χ1) is 8.80. The minimum atomic E-state index is -0.597. The Hall–Kier alpha value is -1.67. The van der Waals surface area contributed by atoms with E-state index in [1.54, 1.807) is 14.0 Å². The van der Waals surface area contributed by atoms with Crippen molar-refractivity contribution in [1.82, 2.24) is 9.78 Å². The van der Waals surface area contributed by atoms with Crippen molar-refractivity contribution in [2.75, 3.05) is 18.5 Å². The van der Waals surface area contributed by atoms with E-state index in [4.69, 9.17) is 9.47 Å². The molecule has 1 aliphatic heterocycles. The van der Waals surface area contributed by atoms with Gasteiger partial charge in [-0.2, -0.15) is 5.10 Å². The van der Waals surface area contributed by atoms with Crippen molar-refractivity contribution in [2.24, 2.45) is 7.05 Å². The molecule has 1 saturated heterocycles. The topological polar surface area (TPSA) is 91.5 Å². The third-order valence-electron chi connectivity index (χ3n) is 2.94. The predicted molar refractivity (Wildman–Crippen MR) is 68.0 cm³/mol. The van der Waals surface area contributed by atoms with Gasteiger partial charge in [0.1, 0.15) is 11.8 Å². The van der Waals surface area contributed by atoms with Crippen molar-refractivity contribution < 1.29 is 14.4 Å². The van der Waals surface area contributed by atoms with Crippen LogP contribution in [0.5, 0.6) is 0 Å². The molecule has 0 bridgehead atoms. The molecule has 2 rings (SSSR count). The number of aromatic nitrogens is 2.